The fourth-order valence-electron chi connectivity index (χ4n) is 7.97. The lowest BCUT2D eigenvalue weighted by Crippen LogP contribution is -2.56. The Hall–Kier alpha value is -6.13. The standard InChI is InChI=1S/C45H23B5N2O/c46-39-40(47)42(49)44(43(50)41(39)48)52-34-18-7-6-17-33(34)51-45(52)26-11-9-10-24(22-26)37-28-13-1-3-15-30(28)38(31-16-4-2-14-29(31)37)25-20-21-36-32(23-25)27-12-5-8-19-35(27)53-36/h1-23H. The molecule has 0 N–H and O–H groups in total. The van der Waals surface area contributed by atoms with E-state index >= 15 is 0 Å². The Kier molecular flexibility index (Phi) is 7.13. The molecule has 0 spiro atoms. The van der Waals surface area contributed by atoms with E-state index in [0.29, 0.717) is 11.5 Å². The van der Waals surface area contributed by atoms with Gasteiger partial charge < -0.3 is 4.42 Å². The van der Waals surface area contributed by atoms with Gasteiger partial charge in [-0.3, -0.25) is 4.57 Å². The average Bonchev–Trinajstić information content (AvgIpc) is 3.77. The van der Waals surface area contributed by atoms with Gasteiger partial charge in [-0.1, -0.05) is 114 Å². The van der Waals surface area contributed by atoms with Crippen molar-refractivity contribution < 1.29 is 4.42 Å². The van der Waals surface area contributed by atoms with Crippen LogP contribution in [0.4, 0.5) is 0 Å². The first-order chi connectivity index (χ1) is 25.9. The van der Waals surface area contributed by atoms with Crippen LogP contribution in [0.1, 0.15) is 0 Å². The monoisotopic (exact) mass is 662 g/mol. The number of imidazole rings is 1. The summed E-state index contributed by atoms with van der Waals surface area (Å²) in [6.07, 6.45) is 0. The summed E-state index contributed by atoms with van der Waals surface area (Å²) in [4.78, 5) is 5.11. The second-order valence-corrected chi connectivity index (χ2v) is 13.4. The van der Waals surface area contributed by atoms with Gasteiger partial charge >= 0.3 is 0 Å². The molecule has 0 aliphatic rings. The summed E-state index contributed by atoms with van der Waals surface area (Å²) in [5, 5.41) is 6.77. The van der Waals surface area contributed by atoms with Gasteiger partial charge in [-0.25, -0.2) is 4.98 Å². The van der Waals surface area contributed by atoms with Crippen molar-refractivity contribution in [3.05, 3.63) is 140 Å². The molecule has 0 amide bonds. The minimum absolute atomic E-state index is 0.164. The number of fused-ring (bicyclic) bond motifs is 6. The third kappa shape index (κ3) is 4.71. The molecule has 3 nitrogen and oxygen atoms in total. The number of nitrogens with zero attached hydrogens (tertiary/aromatic N) is 2. The van der Waals surface area contributed by atoms with E-state index in [1.807, 2.05) is 47.0 Å². The fourth-order valence-corrected chi connectivity index (χ4v) is 7.97. The van der Waals surface area contributed by atoms with Crippen molar-refractivity contribution in [2.75, 3.05) is 0 Å². The minimum atomic E-state index is 0.164. The van der Waals surface area contributed by atoms with Crippen LogP contribution < -0.4 is 27.3 Å². The second-order valence-electron chi connectivity index (χ2n) is 13.4. The quantitative estimate of drug-likeness (QED) is 0.166. The first-order valence-electron chi connectivity index (χ1n) is 17.3. The number of hydrogen-bond donors (Lipinski definition) is 0. The molecule has 0 aliphatic carbocycles. The molecule has 0 saturated heterocycles. The van der Waals surface area contributed by atoms with Crippen molar-refractivity contribution >= 4 is 121 Å². The van der Waals surface area contributed by atoms with Crippen molar-refractivity contribution in [2.45, 2.75) is 0 Å². The largest absolute Gasteiger partial charge is 0.456 e. The van der Waals surface area contributed by atoms with Crippen LogP contribution >= 0.6 is 0 Å². The summed E-state index contributed by atoms with van der Waals surface area (Å²) < 4.78 is 8.12. The summed E-state index contributed by atoms with van der Waals surface area (Å²) in [6.45, 7) is 0. The highest BCUT2D eigenvalue weighted by Gasteiger charge is 2.22. The summed E-state index contributed by atoms with van der Waals surface area (Å²) in [5.74, 6) is 0.640. The van der Waals surface area contributed by atoms with E-state index in [9.17, 15) is 0 Å². The van der Waals surface area contributed by atoms with Crippen molar-refractivity contribution in [1.82, 2.24) is 9.55 Å². The van der Waals surface area contributed by atoms with Crippen LogP contribution in [-0.2, 0) is 0 Å². The van der Waals surface area contributed by atoms with E-state index in [4.69, 9.17) is 48.6 Å². The lowest BCUT2D eigenvalue weighted by Gasteiger charge is -2.23. The molecule has 10 rings (SSSR count). The van der Waals surface area contributed by atoms with Gasteiger partial charge in [-0.15, -0.1) is 16.4 Å². The van der Waals surface area contributed by atoms with E-state index in [2.05, 4.69) is 97.1 Å². The lowest BCUT2D eigenvalue weighted by atomic mass is 9.61. The van der Waals surface area contributed by atoms with Crippen LogP contribution in [0.15, 0.2) is 144 Å². The van der Waals surface area contributed by atoms with Crippen LogP contribution in [0.25, 0.3) is 93.8 Å². The Balaban J connectivity index is 1.23. The van der Waals surface area contributed by atoms with Crippen LogP contribution in [0.5, 0.6) is 0 Å². The molecule has 53 heavy (non-hydrogen) atoms. The van der Waals surface area contributed by atoms with Gasteiger partial charge in [0.25, 0.3) is 0 Å². The van der Waals surface area contributed by atoms with E-state index in [1.165, 1.54) is 5.56 Å². The molecule has 0 bridgehead atoms. The zero-order valence-corrected chi connectivity index (χ0v) is 28.5. The molecule has 2 heterocycles. The van der Waals surface area contributed by atoms with Gasteiger partial charge in [0, 0.05) is 22.0 Å². The molecule has 10 aromatic rings. The fraction of sp³-hybridized carbons (Fsp3) is 0. The predicted molar refractivity (Wildman–Crippen MR) is 227 cm³/mol. The molecule has 8 heteroatoms. The number of para-hydroxylation sites is 3. The SMILES string of the molecule is [B]c1c([B])c([B])c(-n2c(-c3cccc(-c4c5ccccc5c(-c5ccc6oc7ccccc7c6c5)c5ccccc45)c3)nc3ccccc32)c([B])c1[B]. The maximum Gasteiger partial charge on any atom is 0.145 e. The average molecular weight is 662 g/mol. The number of rotatable bonds is 4. The Morgan fingerprint density at radius 1 is 0.415 bits per heavy atom. The maximum absolute atomic E-state index is 6.65. The van der Waals surface area contributed by atoms with Crippen LogP contribution in [-0.4, -0.2) is 48.8 Å². The summed E-state index contributed by atoms with van der Waals surface area (Å²) in [7, 11) is 32.2. The van der Waals surface area contributed by atoms with E-state index in [0.717, 1.165) is 76.8 Å². The number of aromatic nitrogens is 2. The second kappa shape index (κ2) is 12.0. The normalized spacial score (nSPS) is 11.8. The molecule has 0 fully saturated rings. The summed E-state index contributed by atoms with van der Waals surface area (Å²) in [6, 6.07) is 48.2. The van der Waals surface area contributed by atoms with Crippen LogP contribution in [0, 0.1) is 0 Å². The highest BCUT2D eigenvalue weighted by molar-refractivity contribution is 6.68. The van der Waals surface area contributed by atoms with Gasteiger partial charge in [0.05, 0.1) is 11.0 Å². The molecule has 234 valence electrons. The highest BCUT2D eigenvalue weighted by atomic mass is 16.3. The first-order valence-corrected chi connectivity index (χ1v) is 17.3. The van der Waals surface area contributed by atoms with E-state index in [-0.39, 0.29) is 27.3 Å². The maximum atomic E-state index is 6.65. The van der Waals surface area contributed by atoms with Crippen LogP contribution in [0.3, 0.4) is 0 Å². The Labute approximate surface area is 312 Å². The van der Waals surface area contributed by atoms with Crippen molar-refractivity contribution in [2.24, 2.45) is 0 Å². The first kappa shape index (κ1) is 31.6. The third-order valence-electron chi connectivity index (χ3n) is 10.5. The molecular formula is C45H23B5N2O. The molecule has 10 radical (unpaired) electrons. The molecule has 8 aromatic carbocycles. The number of benzene rings is 8. The zero-order chi connectivity index (χ0) is 36.0. The smallest absolute Gasteiger partial charge is 0.145 e. The van der Waals surface area contributed by atoms with Gasteiger partial charge in [0.2, 0.25) is 0 Å². The molecule has 0 unspecified atom stereocenters. The van der Waals surface area contributed by atoms with E-state index < -0.39 is 0 Å². The number of hydrogen-bond acceptors (Lipinski definition) is 2. The zero-order valence-electron chi connectivity index (χ0n) is 28.5. The van der Waals surface area contributed by atoms with Gasteiger partial charge in [-0.05, 0) is 80.2 Å². The summed E-state index contributed by atoms with van der Waals surface area (Å²) in [5.41, 5.74) is 10.1. The number of furan rings is 1. The molecule has 0 saturated carbocycles. The lowest BCUT2D eigenvalue weighted by molar-refractivity contribution is 0.669. The topological polar surface area (TPSA) is 31.0 Å². The Bertz CT molecular complexity index is 3060. The Morgan fingerprint density at radius 2 is 0.925 bits per heavy atom. The summed E-state index contributed by atoms with van der Waals surface area (Å²) >= 11 is 0. The van der Waals surface area contributed by atoms with Crippen molar-refractivity contribution in [1.29, 1.82) is 0 Å². The molecule has 2 aromatic heterocycles. The minimum Gasteiger partial charge on any atom is -0.456 e. The van der Waals surface area contributed by atoms with Gasteiger partial charge in [-0.2, -0.15) is 0 Å². The van der Waals surface area contributed by atoms with Crippen LogP contribution in [0.2, 0.25) is 0 Å². The molecule has 0 atom stereocenters. The van der Waals surface area contributed by atoms with E-state index in [1.54, 1.807) is 0 Å². The Morgan fingerprint density at radius 3 is 1.58 bits per heavy atom. The van der Waals surface area contributed by atoms with Crippen molar-refractivity contribution in [3.8, 4) is 39.3 Å². The van der Waals surface area contributed by atoms with Gasteiger partial charge in [0.1, 0.15) is 56.2 Å². The predicted octanol–water partition coefficient (Wildman–Crippen LogP) is 6.20. The highest BCUT2D eigenvalue weighted by Crippen LogP contribution is 2.45. The third-order valence-corrected chi connectivity index (χ3v) is 10.5. The van der Waals surface area contributed by atoms with Gasteiger partial charge in [0.15, 0.2) is 0 Å². The molecular weight excluding hydrogens is 639 g/mol. The van der Waals surface area contributed by atoms with Crippen molar-refractivity contribution in [3.63, 3.8) is 0 Å². The molecule has 0 aliphatic heterocycles.